The fourth-order valence-corrected chi connectivity index (χ4v) is 4.80. The summed E-state index contributed by atoms with van der Waals surface area (Å²) in [5, 5.41) is 2.84. The predicted octanol–water partition coefficient (Wildman–Crippen LogP) is 6.15. The van der Waals surface area contributed by atoms with Crippen molar-refractivity contribution in [1.29, 1.82) is 0 Å². The van der Waals surface area contributed by atoms with Crippen LogP contribution in [0.5, 0.6) is 0 Å². The van der Waals surface area contributed by atoms with E-state index in [2.05, 4.69) is 17.4 Å². The summed E-state index contributed by atoms with van der Waals surface area (Å²) in [7, 11) is 0. The quantitative estimate of drug-likeness (QED) is 0.415. The number of furan rings is 1. The van der Waals surface area contributed by atoms with E-state index in [1.165, 1.54) is 6.26 Å². The molecule has 0 radical (unpaired) electrons. The van der Waals surface area contributed by atoms with Crippen molar-refractivity contribution < 1.29 is 14.0 Å². The highest BCUT2D eigenvalue weighted by Crippen LogP contribution is 2.41. The van der Waals surface area contributed by atoms with Crippen LogP contribution in [-0.4, -0.2) is 11.8 Å². The minimum atomic E-state index is -0.245. The van der Waals surface area contributed by atoms with Gasteiger partial charge in [0, 0.05) is 21.0 Å². The molecular formula is C26H20N2O3S. The summed E-state index contributed by atoms with van der Waals surface area (Å²) in [5.41, 5.74) is 3.67. The zero-order valence-corrected chi connectivity index (χ0v) is 18.2. The van der Waals surface area contributed by atoms with E-state index in [0.717, 1.165) is 21.0 Å². The van der Waals surface area contributed by atoms with Crippen molar-refractivity contribution in [2.45, 2.75) is 23.3 Å². The van der Waals surface area contributed by atoms with E-state index in [-0.39, 0.29) is 11.8 Å². The van der Waals surface area contributed by atoms with Crippen molar-refractivity contribution in [2.75, 3.05) is 10.2 Å². The summed E-state index contributed by atoms with van der Waals surface area (Å²) >= 11 is 1.68. The van der Waals surface area contributed by atoms with Crippen LogP contribution in [0.25, 0.3) is 0 Å². The molecule has 1 aliphatic rings. The molecule has 2 amide bonds. The Kier molecular flexibility index (Phi) is 5.29. The molecule has 2 heterocycles. The standard InChI is InChI=1S/C26H20N2O3S/c1-17-21(14-15-31-17)25(29)27-20-12-10-18(11-13-20)26(30)28-16-19-6-2-4-8-23(19)32-24-9-5-3-7-22(24)28/h2-15H,16H2,1H3,(H,27,29). The number of para-hydroxylation sites is 1. The van der Waals surface area contributed by atoms with Gasteiger partial charge in [0.05, 0.1) is 24.1 Å². The summed E-state index contributed by atoms with van der Waals surface area (Å²) in [5.74, 6) is 0.232. The Morgan fingerprint density at radius 2 is 1.62 bits per heavy atom. The molecule has 0 spiro atoms. The van der Waals surface area contributed by atoms with Gasteiger partial charge in [0.2, 0.25) is 0 Å². The fraction of sp³-hybridized carbons (Fsp3) is 0.0769. The largest absolute Gasteiger partial charge is 0.469 e. The first-order chi connectivity index (χ1) is 15.6. The van der Waals surface area contributed by atoms with Gasteiger partial charge in [-0.2, -0.15) is 0 Å². The summed E-state index contributed by atoms with van der Waals surface area (Å²) in [6.07, 6.45) is 1.49. The minimum absolute atomic E-state index is 0.0849. The van der Waals surface area contributed by atoms with Gasteiger partial charge in [-0.3, -0.25) is 9.59 Å². The molecular weight excluding hydrogens is 420 g/mol. The third-order valence-electron chi connectivity index (χ3n) is 5.42. The summed E-state index contributed by atoms with van der Waals surface area (Å²) in [6, 6.07) is 24.7. The molecule has 0 atom stereocenters. The van der Waals surface area contributed by atoms with Crippen molar-refractivity contribution in [2.24, 2.45) is 0 Å². The number of rotatable bonds is 3. The lowest BCUT2D eigenvalue weighted by molar-refractivity contribution is 0.0983. The number of aryl methyl sites for hydroxylation is 1. The Bertz CT molecular complexity index is 1310. The summed E-state index contributed by atoms with van der Waals surface area (Å²) in [6.45, 7) is 2.24. The molecule has 1 aromatic heterocycles. The smallest absolute Gasteiger partial charge is 0.259 e. The molecule has 5 rings (SSSR count). The normalized spacial score (nSPS) is 12.5. The van der Waals surface area contributed by atoms with E-state index < -0.39 is 0 Å². The Labute approximate surface area is 190 Å². The van der Waals surface area contributed by atoms with Crippen LogP contribution in [0.2, 0.25) is 0 Å². The zero-order chi connectivity index (χ0) is 22.1. The first kappa shape index (κ1) is 20.2. The lowest BCUT2D eigenvalue weighted by atomic mass is 10.1. The number of hydrogen-bond donors (Lipinski definition) is 1. The van der Waals surface area contributed by atoms with Crippen LogP contribution in [0.15, 0.2) is 99.3 Å². The van der Waals surface area contributed by atoms with Gasteiger partial charge in [-0.15, -0.1) is 0 Å². The Morgan fingerprint density at radius 1 is 0.906 bits per heavy atom. The number of benzene rings is 3. The molecule has 0 aliphatic carbocycles. The number of fused-ring (bicyclic) bond motifs is 2. The predicted molar refractivity (Wildman–Crippen MR) is 125 cm³/mol. The molecule has 0 saturated carbocycles. The van der Waals surface area contributed by atoms with Crippen molar-refractivity contribution in [3.05, 3.63) is 108 Å². The van der Waals surface area contributed by atoms with Gasteiger partial charge in [-0.25, -0.2) is 0 Å². The Morgan fingerprint density at radius 3 is 2.38 bits per heavy atom. The van der Waals surface area contributed by atoms with E-state index in [1.807, 2.05) is 41.3 Å². The van der Waals surface area contributed by atoms with Crippen LogP contribution in [0, 0.1) is 6.92 Å². The second-order valence-corrected chi connectivity index (χ2v) is 8.57. The number of hydrogen-bond acceptors (Lipinski definition) is 4. The maximum atomic E-state index is 13.5. The first-order valence-corrected chi connectivity index (χ1v) is 11.0. The minimum Gasteiger partial charge on any atom is -0.469 e. The van der Waals surface area contributed by atoms with Crippen LogP contribution < -0.4 is 10.2 Å². The Balaban J connectivity index is 1.41. The third kappa shape index (κ3) is 3.81. The zero-order valence-electron chi connectivity index (χ0n) is 17.4. The molecule has 5 nitrogen and oxygen atoms in total. The third-order valence-corrected chi connectivity index (χ3v) is 6.60. The van der Waals surface area contributed by atoms with Gasteiger partial charge in [0.15, 0.2) is 0 Å². The Hall–Kier alpha value is -3.77. The summed E-state index contributed by atoms with van der Waals surface area (Å²) < 4.78 is 5.19. The van der Waals surface area contributed by atoms with Crippen LogP contribution in [0.1, 0.15) is 32.0 Å². The van der Waals surface area contributed by atoms with Crippen LogP contribution >= 0.6 is 11.8 Å². The molecule has 4 aromatic rings. The highest BCUT2D eigenvalue weighted by molar-refractivity contribution is 7.99. The van der Waals surface area contributed by atoms with E-state index in [0.29, 0.717) is 29.1 Å². The SMILES string of the molecule is Cc1occc1C(=O)Nc1ccc(C(=O)N2Cc3ccccc3Sc3ccccc32)cc1. The highest BCUT2D eigenvalue weighted by atomic mass is 32.2. The summed E-state index contributed by atoms with van der Waals surface area (Å²) in [4.78, 5) is 29.9. The topological polar surface area (TPSA) is 62.6 Å². The maximum Gasteiger partial charge on any atom is 0.259 e. The van der Waals surface area contributed by atoms with Crippen LogP contribution in [0.4, 0.5) is 11.4 Å². The van der Waals surface area contributed by atoms with Crippen molar-refractivity contribution in [3.8, 4) is 0 Å². The average Bonchev–Trinajstić information content (AvgIpc) is 3.17. The second-order valence-electron chi connectivity index (χ2n) is 7.49. The van der Waals surface area contributed by atoms with Gasteiger partial charge in [-0.05, 0) is 61.0 Å². The monoisotopic (exact) mass is 440 g/mol. The molecule has 6 heteroatoms. The van der Waals surface area contributed by atoms with E-state index in [9.17, 15) is 9.59 Å². The first-order valence-electron chi connectivity index (χ1n) is 10.2. The molecule has 0 bridgehead atoms. The van der Waals surface area contributed by atoms with E-state index in [1.54, 1.807) is 49.0 Å². The highest BCUT2D eigenvalue weighted by Gasteiger charge is 2.25. The number of anilines is 2. The van der Waals surface area contributed by atoms with Gasteiger partial charge < -0.3 is 14.6 Å². The van der Waals surface area contributed by atoms with Gasteiger partial charge >= 0.3 is 0 Å². The average molecular weight is 441 g/mol. The molecule has 0 unspecified atom stereocenters. The number of carbonyl (C=O) groups is 2. The number of nitrogens with one attached hydrogen (secondary N) is 1. The molecule has 3 aromatic carbocycles. The van der Waals surface area contributed by atoms with E-state index in [4.69, 9.17) is 4.42 Å². The molecule has 32 heavy (non-hydrogen) atoms. The second kappa shape index (κ2) is 8.40. The number of nitrogens with zero attached hydrogens (tertiary/aromatic N) is 1. The van der Waals surface area contributed by atoms with Crippen molar-refractivity contribution in [3.63, 3.8) is 0 Å². The molecule has 0 saturated heterocycles. The molecule has 1 N–H and O–H groups in total. The fourth-order valence-electron chi connectivity index (χ4n) is 3.73. The lowest BCUT2D eigenvalue weighted by Crippen LogP contribution is -2.30. The van der Waals surface area contributed by atoms with Gasteiger partial charge in [0.1, 0.15) is 5.76 Å². The van der Waals surface area contributed by atoms with Crippen molar-refractivity contribution in [1.82, 2.24) is 0 Å². The van der Waals surface area contributed by atoms with Crippen LogP contribution in [0.3, 0.4) is 0 Å². The van der Waals surface area contributed by atoms with Crippen molar-refractivity contribution >= 4 is 35.0 Å². The molecule has 1 aliphatic heterocycles. The van der Waals surface area contributed by atoms with E-state index >= 15 is 0 Å². The molecule has 158 valence electrons. The lowest BCUT2D eigenvalue weighted by Gasteiger charge is -2.23. The molecule has 0 fully saturated rings. The maximum absolute atomic E-state index is 13.5. The van der Waals surface area contributed by atoms with Gasteiger partial charge in [-0.1, -0.05) is 42.1 Å². The van der Waals surface area contributed by atoms with Gasteiger partial charge in [0.25, 0.3) is 11.8 Å². The number of carbonyl (C=O) groups excluding carboxylic acids is 2. The number of amides is 2. The van der Waals surface area contributed by atoms with Crippen LogP contribution in [-0.2, 0) is 6.54 Å².